The zero-order chi connectivity index (χ0) is 11.7. The third-order valence-corrected chi connectivity index (χ3v) is 4.20. The van der Waals surface area contributed by atoms with Gasteiger partial charge in [0.05, 0.1) is 18.6 Å². The predicted molar refractivity (Wildman–Crippen MR) is 63.3 cm³/mol. The predicted octanol–water partition coefficient (Wildman–Crippen LogP) is 2.78. The quantitative estimate of drug-likeness (QED) is 0.559. The number of fused-ring (bicyclic) bond motifs is 1. The highest BCUT2D eigenvalue weighted by molar-refractivity contribution is 5.72. The van der Waals surface area contributed by atoms with Crippen LogP contribution in [-0.2, 0) is 14.3 Å². The molecule has 0 spiro atoms. The zero-order valence-electron chi connectivity index (χ0n) is 10.3. The number of hydrogen-bond donors (Lipinski definition) is 0. The van der Waals surface area contributed by atoms with Crippen LogP contribution in [0.25, 0.3) is 0 Å². The SMILES string of the molecule is O=C(C[C]1CCC2OC2C1)OC1CCCCC1. The molecule has 1 heterocycles. The molecule has 0 bridgehead atoms. The highest BCUT2D eigenvalue weighted by Gasteiger charge is 2.44. The molecule has 2 unspecified atom stereocenters. The molecule has 95 valence electrons. The Labute approximate surface area is 103 Å². The van der Waals surface area contributed by atoms with Crippen molar-refractivity contribution >= 4 is 5.97 Å². The minimum Gasteiger partial charge on any atom is -0.462 e. The van der Waals surface area contributed by atoms with Crippen molar-refractivity contribution in [1.82, 2.24) is 0 Å². The first-order valence-corrected chi connectivity index (χ1v) is 7.00. The van der Waals surface area contributed by atoms with Gasteiger partial charge in [0.25, 0.3) is 0 Å². The van der Waals surface area contributed by atoms with Gasteiger partial charge in [0.2, 0.25) is 0 Å². The van der Waals surface area contributed by atoms with Crippen molar-refractivity contribution in [3.8, 4) is 0 Å². The lowest BCUT2D eigenvalue weighted by atomic mass is 9.87. The summed E-state index contributed by atoms with van der Waals surface area (Å²) in [6, 6.07) is 0. The highest BCUT2D eigenvalue weighted by Crippen LogP contribution is 2.41. The van der Waals surface area contributed by atoms with Crippen LogP contribution in [0.1, 0.15) is 57.8 Å². The second-order valence-corrected chi connectivity index (χ2v) is 5.63. The lowest BCUT2D eigenvalue weighted by Gasteiger charge is -2.23. The fourth-order valence-corrected chi connectivity index (χ4v) is 3.12. The van der Waals surface area contributed by atoms with Crippen molar-refractivity contribution in [2.75, 3.05) is 0 Å². The largest absolute Gasteiger partial charge is 0.462 e. The van der Waals surface area contributed by atoms with Gasteiger partial charge >= 0.3 is 5.97 Å². The van der Waals surface area contributed by atoms with Crippen LogP contribution in [0.5, 0.6) is 0 Å². The molecule has 3 aliphatic rings. The van der Waals surface area contributed by atoms with E-state index >= 15 is 0 Å². The van der Waals surface area contributed by atoms with E-state index in [-0.39, 0.29) is 12.1 Å². The van der Waals surface area contributed by atoms with Gasteiger partial charge in [0, 0.05) is 0 Å². The third-order valence-electron chi connectivity index (χ3n) is 4.20. The van der Waals surface area contributed by atoms with Gasteiger partial charge in [-0.15, -0.1) is 0 Å². The first-order chi connectivity index (χ1) is 8.31. The molecule has 0 aromatic rings. The summed E-state index contributed by atoms with van der Waals surface area (Å²) in [5.41, 5.74) is 0. The number of ether oxygens (including phenoxy) is 2. The topological polar surface area (TPSA) is 38.8 Å². The van der Waals surface area contributed by atoms with Crippen LogP contribution >= 0.6 is 0 Å². The van der Waals surface area contributed by atoms with E-state index in [1.165, 1.54) is 25.2 Å². The average Bonchev–Trinajstić information content (AvgIpc) is 3.08. The second-order valence-electron chi connectivity index (χ2n) is 5.63. The minimum atomic E-state index is -0.00833. The third kappa shape index (κ3) is 3.01. The van der Waals surface area contributed by atoms with E-state index in [1.807, 2.05) is 0 Å². The molecule has 1 saturated heterocycles. The van der Waals surface area contributed by atoms with E-state index in [0.29, 0.717) is 18.6 Å². The van der Waals surface area contributed by atoms with E-state index in [1.54, 1.807) is 0 Å². The summed E-state index contributed by atoms with van der Waals surface area (Å²) >= 11 is 0. The maximum atomic E-state index is 11.8. The van der Waals surface area contributed by atoms with Crippen molar-refractivity contribution < 1.29 is 14.3 Å². The molecule has 3 fully saturated rings. The first kappa shape index (κ1) is 11.5. The summed E-state index contributed by atoms with van der Waals surface area (Å²) in [6.45, 7) is 0. The van der Waals surface area contributed by atoms with Gasteiger partial charge in [-0.1, -0.05) is 6.42 Å². The van der Waals surface area contributed by atoms with Gasteiger partial charge in [-0.3, -0.25) is 4.79 Å². The van der Waals surface area contributed by atoms with Gasteiger partial charge in [-0.2, -0.15) is 0 Å². The van der Waals surface area contributed by atoms with E-state index in [0.717, 1.165) is 32.1 Å². The van der Waals surface area contributed by atoms with Gasteiger partial charge in [0.1, 0.15) is 6.10 Å². The maximum Gasteiger partial charge on any atom is 0.306 e. The van der Waals surface area contributed by atoms with Crippen molar-refractivity contribution in [3.63, 3.8) is 0 Å². The Morgan fingerprint density at radius 2 is 2.00 bits per heavy atom. The van der Waals surface area contributed by atoms with Crippen LogP contribution in [0, 0.1) is 5.92 Å². The molecule has 2 atom stereocenters. The van der Waals surface area contributed by atoms with Crippen molar-refractivity contribution in [2.24, 2.45) is 0 Å². The van der Waals surface area contributed by atoms with Crippen molar-refractivity contribution in [3.05, 3.63) is 5.92 Å². The Balaban J connectivity index is 1.40. The molecule has 2 saturated carbocycles. The molecule has 3 nitrogen and oxygen atoms in total. The highest BCUT2D eigenvalue weighted by atomic mass is 16.6. The number of esters is 1. The van der Waals surface area contributed by atoms with Gasteiger partial charge in [-0.05, 0) is 50.9 Å². The maximum absolute atomic E-state index is 11.8. The summed E-state index contributed by atoms with van der Waals surface area (Å²) in [7, 11) is 0. The van der Waals surface area contributed by atoms with Crippen LogP contribution < -0.4 is 0 Å². The summed E-state index contributed by atoms with van der Waals surface area (Å²) in [5, 5.41) is 0. The molecule has 1 radical (unpaired) electrons. The Hall–Kier alpha value is -0.570. The first-order valence-electron chi connectivity index (χ1n) is 7.00. The molecule has 2 aliphatic carbocycles. The second kappa shape index (κ2) is 4.97. The lowest BCUT2D eigenvalue weighted by Crippen LogP contribution is -2.23. The Morgan fingerprint density at radius 1 is 1.18 bits per heavy atom. The standard InChI is InChI=1S/C14H21O3/c15-14(16-11-4-2-1-3-5-11)9-10-6-7-12-13(8-10)17-12/h11-13H,1-9H2. The number of carbonyl (C=O) groups excluding carboxylic acids is 1. The number of rotatable bonds is 3. The van der Waals surface area contributed by atoms with Gasteiger partial charge < -0.3 is 9.47 Å². The fraction of sp³-hybridized carbons (Fsp3) is 0.857. The van der Waals surface area contributed by atoms with E-state index in [2.05, 4.69) is 0 Å². The number of carbonyl (C=O) groups is 1. The summed E-state index contributed by atoms with van der Waals surface area (Å²) < 4.78 is 11.0. The summed E-state index contributed by atoms with van der Waals surface area (Å²) in [6.07, 6.45) is 10.7. The average molecular weight is 237 g/mol. The monoisotopic (exact) mass is 237 g/mol. The van der Waals surface area contributed by atoms with Gasteiger partial charge in [-0.25, -0.2) is 0 Å². The van der Waals surface area contributed by atoms with Crippen LogP contribution in [0.2, 0.25) is 0 Å². The van der Waals surface area contributed by atoms with Crippen LogP contribution in [0.3, 0.4) is 0 Å². The molecule has 0 aromatic carbocycles. The van der Waals surface area contributed by atoms with Crippen molar-refractivity contribution in [1.29, 1.82) is 0 Å². The lowest BCUT2D eigenvalue weighted by molar-refractivity contribution is -0.150. The zero-order valence-corrected chi connectivity index (χ0v) is 10.3. The Morgan fingerprint density at radius 3 is 2.76 bits per heavy atom. The van der Waals surface area contributed by atoms with Crippen molar-refractivity contribution in [2.45, 2.75) is 76.1 Å². The summed E-state index contributed by atoms with van der Waals surface area (Å²) in [5.74, 6) is 1.33. The molecule has 0 N–H and O–H groups in total. The van der Waals surface area contributed by atoms with E-state index < -0.39 is 0 Å². The molecule has 0 aromatic heterocycles. The molecule has 0 amide bonds. The molecular weight excluding hydrogens is 216 g/mol. The smallest absolute Gasteiger partial charge is 0.306 e. The van der Waals surface area contributed by atoms with E-state index in [4.69, 9.17) is 9.47 Å². The molecule has 17 heavy (non-hydrogen) atoms. The Kier molecular flexibility index (Phi) is 3.37. The molecule has 3 rings (SSSR count). The van der Waals surface area contributed by atoms with Gasteiger partial charge in [0.15, 0.2) is 0 Å². The van der Waals surface area contributed by atoms with Crippen LogP contribution in [0.4, 0.5) is 0 Å². The fourth-order valence-electron chi connectivity index (χ4n) is 3.12. The Bertz CT molecular complexity index is 283. The molecule has 1 aliphatic heterocycles. The summed E-state index contributed by atoms with van der Waals surface area (Å²) in [4.78, 5) is 11.8. The normalized spacial score (nSPS) is 34.1. The van der Waals surface area contributed by atoms with Crippen LogP contribution in [0.15, 0.2) is 0 Å². The number of epoxide rings is 1. The molecular formula is C14H21O3. The van der Waals surface area contributed by atoms with E-state index in [9.17, 15) is 4.79 Å². The number of hydrogen-bond acceptors (Lipinski definition) is 3. The minimum absolute atomic E-state index is 0.00833. The van der Waals surface area contributed by atoms with Crippen LogP contribution in [-0.4, -0.2) is 24.3 Å². The molecule has 3 heteroatoms.